The highest BCUT2D eigenvalue weighted by molar-refractivity contribution is 5.85. The number of carbonyl (C=O) groups excluding carboxylic acids is 1. The molecule has 0 bridgehead atoms. The smallest absolute Gasteiger partial charge is 0.241 e. The summed E-state index contributed by atoms with van der Waals surface area (Å²) in [6.07, 6.45) is 5.32. The van der Waals surface area contributed by atoms with Crippen LogP contribution >= 0.6 is 12.4 Å². The number of halogens is 1. The van der Waals surface area contributed by atoms with Gasteiger partial charge in [0, 0.05) is 44.0 Å². The Kier molecular flexibility index (Phi) is 8.49. The van der Waals surface area contributed by atoms with Crippen molar-refractivity contribution in [1.29, 1.82) is 0 Å². The normalized spacial score (nSPS) is 16.5. The highest BCUT2D eigenvalue weighted by Gasteiger charge is 2.35. The van der Waals surface area contributed by atoms with Crippen molar-refractivity contribution in [3.05, 3.63) is 47.8 Å². The summed E-state index contributed by atoms with van der Waals surface area (Å²) in [4.78, 5) is 12.9. The minimum atomic E-state index is -0.425. The number of rotatable bonds is 8. The zero-order valence-electron chi connectivity index (χ0n) is 17.3. The average molecular weight is 423 g/mol. The number of amides is 1. The van der Waals surface area contributed by atoms with Crippen molar-refractivity contribution < 1.29 is 14.3 Å². The second kappa shape index (κ2) is 10.6. The van der Waals surface area contributed by atoms with Crippen molar-refractivity contribution in [2.45, 2.75) is 31.2 Å². The second-order valence-corrected chi connectivity index (χ2v) is 7.24. The molecule has 1 aromatic heterocycles. The lowest BCUT2D eigenvalue weighted by molar-refractivity contribution is -0.123. The molecule has 160 valence electrons. The van der Waals surface area contributed by atoms with Crippen molar-refractivity contribution in [2.24, 2.45) is 7.05 Å². The van der Waals surface area contributed by atoms with Gasteiger partial charge in [0.1, 0.15) is 11.8 Å². The zero-order valence-corrected chi connectivity index (χ0v) is 18.1. The van der Waals surface area contributed by atoms with Gasteiger partial charge in [-0.25, -0.2) is 0 Å². The van der Waals surface area contributed by atoms with Crippen molar-refractivity contribution in [3.8, 4) is 5.75 Å². The molecule has 0 spiro atoms. The van der Waals surface area contributed by atoms with Crippen LogP contribution in [0.2, 0.25) is 0 Å². The maximum Gasteiger partial charge on any atom is 0.241 e. The predicted octanol–water partition coefficient (Wildman–Crippen LogP) is 2.37. The predicted molar refractivity (Wildman–Crippen MR) is 115 cm³/mol. The number of aryl methyl sites for hydroxylation is 1. The molecule has 1 aliphatic rings. The minimum Gasteiger partial charge on any atom is -0.494 e. The van der Waals surface area contributed by atoms with Gasteiger partial charge in [0.15, 0.2) is 0 Å². The van der Waals surface area contributed by atoms with Crippen molar-refractivity contribution in [2.75, 3.05) is 33.4 Å². The van der Waals surface area contributed by atoms with Gasteiger partial charge in [-0.1, -0.05) is 12.1 Å². The summed E-state index contributed by atoms with van der Waals surface area (Å²) in [6, 6.07) is 7.80. The van der Waals surface area contributed by atoms with E-state index in [-0.39, 0.29) is 23.7 Å². The summed E-state index contributed by atoms with van der Waals surface area (Å²) in [5.74, 6) is 0.816. The Hall–Kier alpha value is -2.09. The van der Waals surface area contributed by atoms with Gasteiger partial charge in [-0.05, 0) is 44.5 Å². The Morgan fingerprint density at radius 1 is 1.31 bits per heavy atom. The van der Waals surface area contributed by atoms with Gasteiger partial charge in [-0.15, -0.1) is 12.4 Å². The SMILES string of the molecule is CCOc1ccc(C2(CNC(=O)C(NC)c3cnn(C)c3)CCOCC2)cc1.Cl. The Labute approximate surface area is 178 Å². The van der Waals surface area contributed by atoms with Crippen LogP contribution in [0.4, 0.5) is 0 Å². The van der Waals surface area contributed by atoms with Gasteiger partial charge in [0.2, 0.25) is 5.91 Å². The van der Waals surface area contributed by atoms with E-state index in [0.29, 0.717) is 26.4 Å². The summed E-state index contributed by atoms with van der Waals surface area (Å²) < 4.78 is 12.9. The molecule has 1 unspecified atom stereocenters. The molecule has 2 heterocycles. The topological polar surface area (TPSA) is 77.4 Å². The lowest BCUT2D eigenvalue weighted by atomic mass is 9.74. The number of nitrogens with one attached hydrogen (secondary N) is 2. The molecule has 0 saturated carbocycles. The van der Waals surface area contributed by atoms with Crippen LogP contribution in [0.5, 0.6) is 5.75 Å². The van der Waals surface area contributed by atoms with E-state index in [4.69, 9.17) is 9.47 Å². The van der Waals surface area contributed by atoms with E-state index >= 15 is 0 Å². The summed E-state index contributed by atoms with van der Waals surface area (Å²) in [5, 5.41) is 10.4. The number of carbonyl (C=O) groups is 1. The molecule has 1 saturated heterocycles. The number of ether oxygens (including phenoxy) is 2. The van der Waals surface area contributed by atoms with Gasteiger partial charge in [0.25, 0.3) is 0 Å². The van der Waals surface area contributed by atoms with E-state index in [9.17, 15) is 4.79 Å². The quantitative estimate of drug-likeness (QED) is 0.682. The van der Waals surface area contributed by atoms with E-state index in [1.54, 1.807) is 17.9 Å². The molecule has 1 atom stereocenters. The van der Waals surface area contributed by atoms with Gasteiger partial charge in [0.05, 0.1) is 12.8 Å². The van der Waals surface area contributed by atoms with Crippen LogP contribution < -0.4 is 15.4 Å². The highest BCUT2D eigenvalue weighted by Crippen LogP contribution is 2.35. The summed E-state index contributed by atoms with van der Waals surface area (Å²) in [7, 11) is 3.63. The zero-order chi connectivity index (χ0) is 20.0. The van der Waals surface area contributed by atoms with Crippen molar-refractivity contribution >= 4 is 18.3 Å². The first-order valence-corrected chi connectivity index (χ1v) is 9.82. The number of benzene rings is 1. The van der Waals surface area contributed by atoms with E-state index in [2.05, 4.69) is 27.9 Å². The number of hydrogen-bond acceptors (Lipinski definition) is 5. The third kappa shape index (κ3) is 5.50. The maximum absolute atomic E-state index is 12.9. The standard InChI is InChI=1S/C21H30N4O3.ClH/c1-4-28-18-7-5-17(6-8-18)21(9-11-27-12-10-21)15-23-20(26)19(22-2)16-13-24-25(3)14-16;/h5-8,13-14,19,22H,4,9-12,15H2,1-3H3,(H,23,26);1H. The van der Waals surface area contributed by atoms with Crippen molar-refractivity contribution in [1.82, 2.24) is 20.4 Å². The van der Waals surface area contributed by atoms with Crippen LogP contribution in [0.1, 0.15) is 36.9 Å². The van der Waals surface area contributed by atoms with Crippen molar-refractivity contribution in [3.63, 3.8) is 0 Å². The van der Waals surface area contributed by atoms with Gasteiger partial charge in [-0.3, -0.25) is 9.48 Å². The minimum absolute atomic E-state index is 0. The molecule has 3 rings (SSSR count). The average Bonchev–Trinajstić information content (AvgIpc) is 3.14. The Morgan fingerprint density at radius 3 is 2.55 bits per heavy atom. The van der Waals surface area contributed by atoms with E-state index in [1.807, 2.05) is 32.3 Å². The van der Waals surface area contributed by atoms with Crippen LogP contribution in [0.25, 0.3) is 0 Å². The lowest BCUT2D eigenvalue weighted by Gasteiger charge is -2.38. The van der Waals surface area contributed by atoms with Gasteiger partial charge >= 0.3 is 0 Å². The lowest BCUT2D eigenvalue weighted by Crippen LogP contribution is -2.47. The van der Waals surface area contributed by atoms with E-state index in [0.717, 1.165) is 24.2 Å². The monoisotopic (exact) mass is 422 g/mol. The molecule has 2 N–H and O–H groups in total. The molecular weight excluding hydrogens is 392 g/mol. The molecule has 0 radical (unpaired) electrons. The molecular formula is C21H31ClN4O3. The molecule has 2 aromatic rings. The second-order valence-electron chi connectivity index (χ2n) is 7.24. The van der Waals surface area contributed by atoms with Crippen LogP contribution in [-0.2, 0) is 22.0 Å². The van der Waals surface area contributed by atoms with Crippen LogP contribution in [0.3, 0.4) is 0 Å². The van der Waals surface area contributed by atoms with Crippen LogP contribution in [-0.4, -0.2) is 49.1 Å². The highest BCUT2D eigenvalue weighted by atomic mass is 35.5. The van der Waals surface area contributed by atoms with Gasteiger partial charge < -0.3 is 20.1 Å². The number of likely N-dealkylation sites (N-methyl/N-ethyl adjacent to an activating group) is 1. The largest absolute Gasteiger partial charge is 0.494 e. The molecule has 1 fully saturated rings. The van der Waals surface area contributed by atoms with Crippen LogP contribution in [0.15, 0.2) is 36.7 Å². The molecule has 0 aliphatic carbocycles. The molecule has 8 heteroatoms. The molecule has 1 aromatic carbocycles. The Bertz CT molecular complexity index is 772. The fraction of sp³-hybridized carbons (Fsp3) is 0.524. The van der Waals surface area contributed by atoms with E-state index < -0.39 is 6.04 Å². The summed E-state index contributed by atoms with van der Waals surface area (Å²) in [6.45, 7) is 4.59. The summed E-state index contributed by atoms with van der Waals surface area (Å²) >= 11 is 0. The number of hydrogen-bond donors (Lipinski definition) is 2. The number of aromatic nitrogens is 2. The fourth-order valence-electron chi connectivity index (χ4n) is 3.80. The maximum atomic E-state index is 12.9. The third-order valence-corrected chi connectivity index (χ3v) is 5.44. The summed E-state index contributed by atoms with van der Waals surface area (Å²) in [5.41, 5.74) is 1.93. The van der Waals surface area contributed by atoms with Gasteiger partial charge in [-0.2, -0.15) is 5.10 Å². The van der Waals surface area contributed by atoms with Crippen LogP contribution in [0, 0.1) is 0 Å². The first kappa shape index (κ1) is 23.2. The Balaban J connectivity index is 0.00000300. The third-order valence-electron chi connectivity index (χ3n) is 5.44. The molecule has 7 nitrogen and oxygen atoms in total. The first-order chi connectivity index (χ1) is 13.6. The first-order valence-electron chi connectivity index (χ1n) is 9.82. The molecule has 1 aliphatic heterocycles. The Morgan fingerprint density at radius 2 is 2.00 bits per heavy atom. The molecule has 1 amide bonds. The molecule has 29 heavy (non-hydrogen) atoms. The number of nitrogens with zero attached hydrogens (tertiary/aromatic N) is 2. The van der Waals surface area contributed by atoms with E-state index in [1.165, 1.54) is 5.56 Å². The fourth-order valence-corrected chi connectivity index (χ4v) is 3.80.